The number of piperazine rings is 1. The van der Waals surface area contributed by atoms with Gasteiger partial charge in [-0.15, -0.1) is 0 Å². The molecule has 0 radical (unpaired) electrons. The van der Waals surface area contributed by atoms with Crippen LogP contribution < -0.4 is 5.32 Å². The average Bonchev–Trinajstić information content (AvgIpc) is 2.62. The van der Waals surface area contributed by atoms with Crippen LogP contribution in [0.25, 0.3) is 0 Å². The zero-order valence-corrected chi connectivity index (χ0v) is 14.7. The third-order valence-electron chi connectivity index (χ3n) is 4.74. The first kappa shape index (κ1) is 17.4. The van der Waals surface area contributed by atoms with Crippen molar-refractivity contribution in [1.29, 1.82) is 0 Å². The van der Waals surface area contributed by atoms with Crippen molar-refractivity contribution in [2.75, 3.05) is 32.7 Å². The molecule has 1 amide bonds. The molecule has 1 aromatic rings. The van der Waals surface area contributed by atoms with Crippen molar-refractivity contribution in [3.63, 3.8) is 0 Å². The van der Waals surface area contributed by atoms with Crippen molar-refractivity contribution in [2.24, 2.45) is 0 Å². The summed E-state index contributed by atoms with van der Waals surface area (Å²) in [6.07, 6.45) is 3.08. The minimum absolute atomic E-state index is 0.0198. The first-order valence-corrected chi connectivity index (χ1v) is 10.2. The smallest absolute Gasteiger partial charge is 0.239 e. The van der Waals surface area contributed by atoms with Gasteiger partial charge in [0.2, 0.25) is 15.9 Å². The van der Waals surface area contributed by atoms with E-state index in [1.165, 1.54) is 4.31 Å². The summed E-state index contributed by atoms with van der Waals surface area (Å²) in [5.41, 5.74) is 0.794. The molecule has 1 N–H and O–H groups in total. The van der Waals surface area contributed by atoms with E-state index in [-0.39, 0.29) is 17.7 Å². The molecule has 0 saturated carbocycles. The van der Waals surface area contributed by atoms with Crippen LogP contribution in [0.1, 0.15) is 24.8 Å². The van der Waals surface area contributed by atoms with Gasteiger partial charge < -0.3 is 10.2 Å². The maximum Gasteiger partial charge on any atom is 0.239 e. The standard InChI is InChI=1S/C17H25N3O3S/c21-17(16-8-4-5-9-18-16)19-10-12-20(13-11-19)24(22,23)14-15-6-2-1-3-7-15/h1-3,6-7,16,18H,4-5,8-14H2. The number of nitrogens with zero attached hydrogens (tertiary/aromatic N) is 2. The van der Waals surface area contributed by atoms with Gasteiger partial charge in [-0.05, 0) is 24.9 Å². The molecule has 6 nitrogen and oxygen atoms in total. The first-order chi connectivity index (χ1) is 11.6. The zero-order valence-electron chi connectivity index (χ0n) is 13.9. The third kappa shape index (κ3) is 4.15. The second kappa shape index (κ2) is 7.63. The number of nitrogens with one attached hydrogen (secondary N) is 1. The molecule has 1 aromatic carbocycles. The molecule has 2 aliphatic rings. The fraction of sp³-hybridized carbons (Fsp3) is 0.588. The summed E-state index contributed by atoms with van der Waals surface area (Å²) in [6, 6.07) is 9.13. The summed E-state index contributed by atoms with van der Waals surface area (Å²) < 4.78 is 26.6. The maximum absolute atomic E-state index is 12.5. The number of benzene rings is 1. The van der Waals surface area contributed by atoms with Gasteiger partial charge in [-0.1, -0.05) is 36.8 Å². The number of carbonyl (C=O) groups excluding carboxylic acids is 1. The molecule has 0 spiro atoms. The van der Waals surface area contributed by atoms with Gasteiger partial charge in [-0.25, -0.2) is 8.42 Å². The number of amides is 1. The molecular formula is C17H25N3O3S. The minimum atomic E-state index is -3.33. The van der Waals surface area contributed by atoms with Crippen molar-refractivity contribution in [1.82, 2.24) is 14.5 Å². The summed E-state index contributed by atoms with van der Waals surface area (Å²) >= 11 is 0. The van der Waals surface area contributed by atoms with E-state index in [9.17, 15) is 13.2 Å². The molecule has 0 bridgehead atoms. The number of sulfonamides is 1. The second-order valence-electron chi connectivity index (χ2n) is 6.47. The number of hydrogen-bond donors (Lipinski definition) is 1. The lowest BCUT2D eigenvalue weighted by Crippen LogP contribution is -2.55. The summed E-state index contributed by atoms with van der Waals surface area (Å²) in [6.45, 7) is 2.61. The Hall–Kier alpha value is -1.44. The predicted molar refractivity (Wildman–Crippen MR) is 92.9 cm³/mol. The minimum Gasteiger partial charge on any atom is -0.339 e. The van der Waals surface area contributed by atoms with Gasteiger partial charge in [0, 0.05) is 26.2 Å². The number of hydrogen-bond acceptors (Lipinski definition) is 4. The van der Waals surface area contributed by atoms with Gasteiger partial charge in [-0.2, -0.15) is 4.31 Å². The van der Waals surface area contributed by atoms with Crippen LogP contribution in [0.3, 0.4) is 0 Å². The van der Waals surface area contributed by atoms with E-state index in [0.29, 0.717) is 26.2 Å². The van der Waals surface area contributed by atoms with Gasteiger partial charge in [0.05, 0.1) is 11.8 Å². The molecule has 7 heteroatoms. The molecular weight excluding hydrogens is 326 g/mol. The molecule has 3 rings (SSSR count). The Kier molecular flexibility index (Phi) is 5.53. The Bertz CT molecular complexity index is 649. The van der Waals surface area contributed by atoms with Crippen molar-refractivity contribution >= 4 is 15.9 Å². The molecule has 0 aromatic heterocycles. The SMILES string of the molecule is O=C(C1CCCCN1)N1CCN(S(=O)(=O)Cc2ccccc2)CC1. The fourth-order valence-electron chi connectivity index (χ4n) is 3.35. The van der Waals surface area contributed by atoms with Crippen LogP contribution in [0.4, 0.5) is 0 Å². The monoisotopic (exact) mass is 351 g/mol. The number of piperidine rings is 1. The predicted octanol–water partition coefficient (Wildman–Crippen LogP) is 0.803. The summed E-state index contributed by atoms with van der Waals surface area (Å²) in [7, 11) is -3.33. The van der Waals surface area contributed by atoms with E-state index in [1.807, 2.05) is 30.3 Å². The molecule has 2 saturated heterocycles. The van der Waals surface area contributed by atoms with E-state index in [4.69, 9.17) is 0 Å². The van der Waals surface area contributed by atoms with Crippen molar-refractivity contribution in [3.8, 4) is 0 Å². The van der Waals surface area contributed by atoms with Gasteiger partial charge in [-0.3, -0.25) is 4.79 Å². The van der Waals surface area contributed by atoms with Gasteiger partial charge >= 0.3 is 0 Å². The van der Waals surface area contributed by atoms with Crippen molar-refractivity contribution in [3.05, 3.63) is 35.9 Å². The largest absolute Gasteiger partial charge is 0.339 e. The quantitative estimate of drug-likeness (QED) is 0.871. The van der Waals surface area contributed by atoms with Crippen LogP contribution in [-0.4, -0.2) is 62.3 Å². The fourth-order valence-corrected chi connectivity index (χ4v) is 4.86. The highest BCUT2D eigenvalue weighted by Crippen LogP contribution is 2.16. The molecule has 2 heterocycles. The van der Waals surface area contributed by atoms with Crippen LogP contribution in [-0.2, 0) is 20.6 Å². The maximum atomic E-state index is 12.5. The Balaban J connectivity index is 1.55. The molecule has 1 unspecified atom stereocenters. The van der Waals surface area contributed by atoms with Crippen LogP contribution >= 0.6 is 0 Å². The second-order valence-corrected chi connectivity index (χ2v) is 8.44. The average molecular weight is 351 g/mol. The molecule has 2 fully saturated rings. The highest BCUT2D eigenvalue weighted by atomic mass is 32.2. The first-order valence-electron chi connectivity index (χ1n) is 8.60. The lowest BCUT2D eigenvalue weighted by atomic mass is 10.0. The van der Waals surface area contributed by atoms with Crippen LogP contribution in [0.2, 0.25) is 0 Å². The number of rotatable bonds is 4. The van der Waals surface area contributed by atoms with Gasteiger partial charge in [0.15, 0.2) is 0 Å². The lowest BCUT2D eigenvalue weighted by molar-refractivity contribution is -0.135. The zero-order chi connectivity index (χ0) is 17.0. The summed E-state index contributed by atoms with van der Waals surface area (Å²) in [5.74, 6) is 0.140. The molecule has 0 aliphatic carbocycles. The van der Waals surface area contributed by atoms with Crippen molar-refractivity contribution in [2.45, 2.75) is 31.1 Å². The number of carbonyl (C=O) groups is 1. The van der Waals surface area contributed by atoms with E-state index in [2.05, 4.69) is 5.32 Å². The van der Waals surface area contributed by atoms with Gasteiger partial charge in [0.25, 0.3) is 0 Å². The Morgan fingerprint density at radius 3 is 2.42 bits per heavy atom. The Morgan fingerprint density at radius 1 is 1.08 bits per heavy atom. The third-order valence-corrected chi connectivity index (χ3v) is 6.59. The molecule has 1 atom stereocenters. The highest BCUT2D eigenvalue weighted by molar-refractivity contribution is 7.88. The lowest BCUT2D eigenvalue weighted by Gasteiger charge is -2.36. The highest BCUT2D eigenvalue weighted by Gasteiger charge is 2.32. The Labute approximate surface area is 143 Å². The molecule has 2 aliphatic heterocycles. The van der Waals surface area contributed by atoms with Crippen LogP contribution in [0, 0.1) is 0 Å². The van der Waals surface area contributed by atoms with E-state index >= 15 is 0 Å². The van der Waals surface area contributed by atoms with Crippen LogP contribution in [0.5, 0.6) is 0 Å². The summed E-state index contributed by atoms with van der Waals surface area (Å²) in [5, 5.41) is 3.27. The molecule has 24 heavy (non-hydrogen) atoms. The Morgan fingerprint density at radius 2 is 1.79 bits per heavy atom. The normalized spacial score (nSPS) is 23.2. The van der Waals surface area contributed by atoms with Crippen LogP contribution in [0.15, 0.2) is 30.3 Å². The van der Waals surface area contributed by atoms with E-state index < -0.39 is 10.0 Å². The van der Waals surface area contributed by atoms with E-state index in [1.54, 1.807) is 4.90 Å². The van der Waals surface area contributed by atoms with E-state index in [0.717, 1.165) is 31.4 Å². The summed E-state index contributed by atoms with van der Waals surface area (Å²) in [4.78, 5) is 14.3. The van der Waals surface area contributed by atoms with Gasteiger partial charge in [0.1, 0.15) is 0 Å². The van der Waals surface area contributed by atoms with Crippen molar-refractivity contribution < 1.29 is 13.2 Å². The topological polar surface area (TPSA) is 69.7 Å². The molecule has 132 valence electrons.